The largest absolute Gasteiger partial charge is 0.303 e. The van der Waals surface area contributed by atoms with E-state index >= 15 is 0 Å². The van der Waals surface area contributed by atoms with Gasteiger partial charge in [-0.1, -0.05) is 12.5 Å². The summed E-state index contributed by atoms with van der Waals surface area (Å²) in [6.45, 7) is 2.22. The minimum atomic E-state index is -0.0163. The Morgan fingerprint density at radius 3 is 3.10 bits per heavy atom. The van der Waals surface area contributed by atoms with Gasteiger partial charge in [-0.15, -0.1) is 0 Å². The Morgan fingerprint density at radius 2 is 2.33 bits per heavy atom. The number of allylic oxidation sites excluding steroid dienone is 1. The topological polar surface area (TPSA) is 47.8 Å². The Bertz CT molecular complexity index is 732. The van der Waals surface area contributed by atoms with Crippen LogP contribution in [0.15, 0.2) is 36.3 Å². The van der Waals surface area contributed by atoms with Crippen LogP contribution >= 0.6 is 0 Å². The first-order valence-electron chi connectivity index (χ1n) is 7.36. The summed E-state index contributed by atoms with van der Waals surface area (Å²) in [5.41, 5.74) is 4.71. The van der Waals surface area contributed by atoms with Gasteiger partial charge >= 0.3 is 0 Å². The molecule has 1 unspecified atom stereocenters. The van der Waals surface area contributed by atoms with Gasteiger partial charge < -0.3 is 4.79 Å². The monoisotopic (exact) mass is 279 g/mol. The quantitative estimate of drug-likeness (QED) is 0.794. The SMILES string of the molecule is CC12Cc3cnn(-c4cccnc4)c3C=C1CC[C@@H]2C=O. The number of carbonyl (C=O) groups excluding carboxylic acids is 1. The molecule has 2 aliphatic rings. The lowest BCUT2D eigenvalue weighted by atomic mass is 9.70. The Labute approximate surface area is 123 Å². The van der Waals surface area contributed by atoms with E-state index in [0.717, 1.165) is 36.9 Å². The Kier molecular flexibility index (Phi) is 2.61. The van der Waals surface area contributed by atoms with E-state index in [1.54, 1.807) is 6.20 Å². The number of pyridine rings is 1. The number of aromatic nitrogens is 3. The molecule has 2 aromatic rings. The van der Waals surface area contributed by atoms with Gasteiger partial charge in [-0.2, -0.15) is 5.10 Å². The molecule has 0 amide bonds. The van der Waals surface area contributed by atoms with Crippen molar-refractivity contribution in [1.29, 1.82) is 0 Å². The molecule has 4 heteroatoms. The van der Waals surface area contributed by atoms with Crippen molar-refractivity contribution < 1.29 is 4.79 Å². The van der Waals surface area contributed by atoms with Gasteiger partial charge in [0.05, 0.1) is 23.8 Å². The van der Waals surface area contributed by atoms with E-state index in [9.17, 15) is 4.79 Å². The van der Waals surface area contributed by atoms with Crippen LogP contribution in [-0.2, 0) is 11.2 Å². The number of aldehydes is 1. The Morgan fingerprint density at radius 1 is 1.43 bits per heavy atom. The molecular formula is C17H17N3O. The number of rotatable bonds is 2. The Balaban J connectivity index is 1.83. The van der Waals surface area contributed by atoms with E-state index in [0.29, 0.717) is 0 Å². The van der Waals surface area contributed by atoms with Crippen LogP contribution in [0.3, 0.4) is 0 Å². The van der Waals surface area contributed by atoms with E-state index in [-0.39, 0.29) is 11.3 Å². The highest BCUT2D eigenvalue weighted by atomic mass is 16.1. The van der Waals surface area contributed by atoms with E-state index in [1.165, 1.54) is 11.1 Å². The third-order valence-corrected chi connectivity index (χ3v) is 5.09. The number of hydrogen-bond acceptors (Lipinski definition) is 3. The van der Waals surface area contributed by atoms with E-state index in [4.69, 9.17) is 0 Å². The maximum absolute atomic E-state index is 11.3. The van der Waals surface area contributed by atoms with Crippen molar-refractivity contribution >= 4 is 12.4 Å². The summed E-state index contributed by atoms with van der Waals surface area (Å²) in [7, 11) is 0. The molecule has 0 aromatic carbocycles. The van der Waals surface area contributed by atoms with Crippen molar-refractivity contribution in [1.82, 2.24) is 14.8 Å². The van der Waals surface area contributed by atoms with Crippen molar-refractivity contribution in [3.05, 3.63) is 47.6 Å². The molecule has 0 radical (unpaired) electrons. The molecule has 1 fully saturated rings. The zero-order valence-corrected chi connectivity index (χ0v) is 12.0. The van der Waals surface area contributed by atoms with Crippen molar-refractivity contribution in [2.24, 2.45) is 11.3 Å². The van der Waals surface area contributed by atoms with Crippen LogP contribution in [0.4, 0.5) is 0 Å². The first-order valence-corrected chi connectivity index (χ1v) is 7.36. The molecule has 0 aliphatic heterocycles. The maximum Gasteiger partial charge on any atom is 0.123 e. The molecule has 1 saturated carbocycles. The second kappa shape index (κ2) is 4.38. The van der Waals surface area contributed by atoms with E-state index in [1.807, 2.05) is 29.2 Å². The summed E-state index contributed by atoms with van der Waals surface area (Å²) >= 11 is 0. The fraction of sp³-hybridized carbons (Fsp3) is 0.353. The molecule has 106 valence electrons. The van der Waals surface area contributed by atoms with Gasteiger partial charge in [0.25, 0.3) is 0 Å². The second-order valence-corrected chi connectivity index (χ2v) is 6.22. The molecule has 21 heavy (non-hydrogen) atoms. The van der Waals surface area contributed by atoms with Crippen LogP contribution in [0, 0.1) is 11.3 Å². The summed E-state index contributed by atoms with van der Waals surface area (Å²) in [6, 6.07) is 3.93. The van der Waals surface area contributed by atoms with Gasteiger partial charge in [0.15, 0.2) is 0 Å². The number of carbonyl (C=O) groups is 1. The molecule has 0 N–H and O–H groups in total. The van der Waals surface area contributed by atoms with Crippen LogP contribution < -0.4 is 0 Å². The lowest BCUT2D eigenvalue weighted by Crippen LogP contribution is -2.29. The standard InChI is InChI=1S/C17H17N3O/c1-17-8-12-9-19-20(15-3-2-6-18-10-15)16(12)7-13(17)4-5-14(17)11-21/h2-3,6-7,9-11,14H,4-5,8H2,1H3/t14-,17?/m1/s1. The van der Waals surface area contributed by atoms with Crippen molar-refractivity contribution in [2.45, 2.75) is 26.2 Å². The van der Waals surface area contributed by atoms with E-state index < -0.39 is 0 Å². The molecule has 2 aromatic heterocycles. The highest BCUT2D eigenvalue weighted by Gasteiger charge is 2.45. The minimum absolute atomic E-state index is 0.0163. The van der Waals surface area contributed by atoms with Gasteiger partial charge in [-0.05, 0) is 43.0 Å². The third-order valence-electron chi connectivity index (χ3n) is 5.09. The first-order chi connectivity index (χ1) is 10.2. The molecule has 2 atom stereocenters. The minimum Gasteiger partial charge on any atom is -0.303 e. The normalized spacial score (nSPS) is 26.9. The Hall–Kier alpha value is -2.23. The highest BCUT2D eigenvalue weighted by molar-refractivity contribution is 5.67. The molecule has 2 aliphatic carbocycles. The molecule has 2 heterocycles. The van der Waals surface area contributed by atoms with Crippen molar-refractivity contribution in [3.63, 3.8) is 0 Å². The first kappa shape index (κ1) is 12.5. The second-order valence-electron chi connectivity index (χ2n) is 6.22. The van der Waals surface area contributed by atoms with Gasteiger partial charge in [0.1, 0.15) is 6.29 Å². The summed E-state index contributed by atoms with van der Waals surface area (Å²) in [5.74, 6) is 0.138. The molecular weight excluding hydrogens is 262 g/mol. The summed E-state index contributed by atoms with van der Waals surface area (Å²) < 4.78 is 1.95. The van der Waals surface area contributed by atoms with Gasteiger partial charge in [0.2, 0.25) is 0 Å². The van der Waals surface area contributed by atoms with Gasteiger partial charge in [-0.25, -0.2) is 4.68 Å². The van der Waals surface area contributed by atoms with Crippen LogP contribution in [0.1, 0.15) is 31.0 Å². The fourth-order valence-corrected chi connectivity index (χ4v) is 3.78. The summed E-state index contributed by atoms with van der Waals surface area (Å²) in [4.78, 5) is 15.5. The molecule has 0 bridgehead atoms. The van der Waals surface area contributed by atoms with E-state index in [2.05, 4.69) is 23.1 Å². The van der Waals surface area contributed by atoms with Crippen molar-refractivity contribution in [2.75, 3.05) is 0 Å². The molecule has 0 saturated heterocycles. The molecule has 4 rings (SSSR count). The predicted octanol–water partition coefficient (Wildman–Crippen LogP) is 2.82. The van der Waals surface area contributed by atoms with Crippen LogP contribution in [-0.4, -0.2) is 21.1 Å². The van der Waals surface area contributed by atoms with Crippen LogP contribution in [0.2, 0.25) is 0 Å². The summed E-state index contributed by atoms with van der Waals surface area (Å²) in [6.07, 6.45) is 11.8. The lowest BCUT2D eigenvalue weighted by molar-refractivity contribution is -0.113. The number of fused-ring (bicyclic) bond motifs is 2. The van der Waals surface area contributed by atoms with Crippen LogP contribution in [0.5, 0.6) is 0 Å². The zero-order chi connectivity index (χ0) is 14.4. The number of hydrogen-bond donors (Lipinski definition) is 0. The molecule has 4 nitrogen and oxygen atoms in total. The van der Waals surface area contributed by atoms with Gasteiger partial charge in [0, 0.05) is 17.5 Å². The zero-order valence-electron chi connectivity index (χ0n) is 12.0. The van der Waals surface area contributed by atoms with Crippen molar-refractivity contribution in [3.8, 4) is 5.69 Å². The smallest absolute Gasteiger partial charge is 0.123 e. The lowest BCUT2D eigenvalue weighted by Gasteiger charge is -2.33. The number of nitrogens with zero attached hydrogens (tertiary/aromatic N) is 3. The highest BCUT2D eigenvalue weighted by Crippen LogP contribution is 2.52. The average molecular weight is 279 g/mol. The third kappa shape index (κ3) is 1.71. The average Bonchev–Trinajstić information content (AvgIpc) is 3.05. The van der Waals surface area contributed by atoms with Gasteiger partial charge in [-0.3, -0.25) is 4.98 Å². The predicted molar refractivity (Wildman–Crippen MR) is 79.9 cm³/mol. The molecule has 0 spiro atoms. The van der Waals surface area contributed by atoms with Crippen LogP contribution in [0.25, 0.3) is 11.8 Å². The maximum atomic E-state index is 11.3. The summed E-state index contributed by atoms with van der Waals surface area (Å²) in [5, 5.41) is 4.52. The fourth-order valence-electron chi connectivity index (χ4n) is 3.78.